The van der Waals surface area contributed by atoms with Gasteiger partial charge in [-0.05, 0) is 36.8 Å². The Morgan fingerprint density at radius 1 is 1.20 bits per heavy atom. The summed E-state index contributed by atoms with van der Waals surface area (Å²) < 4.78 is 5.59. The Morgan fingerprint density at radius 2 is 1.97 bits per heavy atom. The Kier molecular flexibility index (Phi) is 5.74. The average molecular weight is 438 g/mol. The Balaban J connectivity index is 1.51. The van der Waals surface area contributed by atoms with Gasteiger partial charge >= 0.3 is 5.97 Å². The van der Waals surface area contributed by atoms with Crippen LogP contribution in [0.25, 0.3) is 17.4 Å². The number of hydrogen-bond donors (Lipinski definition) is 2. The number of hydrogen-bond acceptors (Lipinski definition) is 5. The van der Waals surface area contributed by atoms with Gasteiger partial charge in [0.05, 0.1) is 10.5 Å². The number of aryl methyl sites for hydroxylation is 1. The molecule has 7 heteroatoms. The van der Waals surface area contributed by atoms with E-state index < -0.39 is 5.97 Å². The molecular formula is C23H19NO4S2. The van der Waals surface area contributed by atoms with E-state index in [0.29, 0.717) is 23.0 Å². The van der Waals surface area contributed by atoms with E-state index in [0.717, 1.165) is 16.7 Å². The Hall–Kier alpha value is -2.90. The summed E-state index contributed by atoms with van der Waals surface area (Å²) in [6, 6.07) is 18.1. The molecule has 3 aromatic rings. The number of carboxylic acids is 1. The van der Waals surface area contributed by atoms with Gasteiger partial charge in [0.2, 0.25) is 0 Å². The summed E-state index contributed by atoms with van der Waals surface area (Å²) in [6.07, 6.45) is 1.72. The minimum atomic E-state index is -0.972. The molecule has 1 saturated heterocycles. The van der Waals surface area contributed by atoms with Crippen molar-refractivity contribution >= 4 is 42.3 Å². The molecule has 2 aromatic carbocycles. The second kappa shape index (κ2) is 8.45. The van der Waals surface area contributed by atoms with Gasteiger partial charge in [-0.15, -0.1) is 12.6 Å². The molecule has 1 aliphatic rings. The highest BCUT2D eigenvalue weighted by molar-refractivity contribution is 8.14. The zero-order valence-corrected chi connectivity index (χ0v) is 17.8. The molecule has 1 aromatic heterocycles. The summed E-state index contributed by atoms with van der Waals surface area (Å²) >= 11 is 5.95. The topological polar surface area (TPSA) is 70.8 Å². The van der Waals surface area contributed by atoms with Gasteiger partial charge in [-0.1, -0.05) is 53.7 Å². The van der Waals surface area contributed by atoms with Crippen molar-refractivity contribution in [1.29, 1.82) is 0 Å². The van der Waals surface area contributed by atoms with Gasteiger partial charge < -0.3 is 14.4 Å². The summed E-state index contributed by atoms with van der Waals surface area (Å²) in [4.78, 5) is 26.2. The molecule has 1 aliphatic heterocycles. The largest absolute Gasteiger partial charge is 0.478 e. The van der Waals surface area contributed by atoms with Crippen molar-refractivity contribution in [3.05, 3.63) is 88.0 Å². The van der Waals surface area contributed by atoms with E-state index in [1.165, 1.54) is 23.9 Å². The lowest BCUT2D eigenvalue weighted by Gasteiger charge is -2.19. The van der Waals surface area contributed by atoms with Gasteiger partial charge in [-0.25, -0.2) is 4.79 Å². The van der Waals surface area contributed by atoms with E-state index in [2.05, 4.69) is 18.7 Å². The first-order valence-electron chi connectivity index (χ1n) is 9.27. The molecule has 5 nitrogen and oxygen atoms in total. The maximum Gasteiger partial charge on any atom is 0.335 e. The fourth-order valence-corrected chi connectivity index (χ4v) is 4.67. The molecule has 152 valence electrons. The van der Waals surface area contributed by atoms with E-state index in [1.54, 1.807) is 35.2 Å². The van der Waals surface area contributed by atoms with Crippen LogP contribution in [0.3, 0.4) is 0 Å². The van der Waals surface area contributed by atoms with Gasteiger partial charge in [0.25, 0.3) is 5.91 Å². The molecule has 1 atom stereocenters. The lowest BCUT2D eigenvalue weighted by atomic mass is 10.1. The number of benzene rings is 2. The lowest BCUT2D eigenvalue weighted by Crippen LogP contribution is -2.28. The van der Waals surface area contributed by atoms with E-state index in [9.17, 15) is 9.59 Å². The predicted octanol–water partition coefficient (Wildman–Crippen LogP) is 5.28. The smallest absolute Gasteiger partial charge is 0.335 e. The maximum atomic E-state index is 12.9. The zero-order chi connectivity index (χ0) is 21.3. The molecule has 1 fully saturated rings. The minimum absolute atomic E-state index is 0.0785. The third-order valence-electron chi connectivity index (χ3n) is 4.72. The van der Waals surface area contributed by atoms with Crippen LogP contribution in [0, 0.1) is 6.92 Å². The molecule has 30 heavy (non-hydrogen) atoms. The fraction of sp³-hybridized carbons (Fsp3) is 0.130. The van der Waals surface area contributed by atoms with Crippen LogP contribution in [-0.4, -0.2) is 26.6 Å². The minimum Gasteiger partial charge on any atom is -0.478 e. The number of carbonyl (C=O) groups excluding carboxylic acids is 1. The van der Waals surface area contributed by atoms with Gasteiger partial charge in [-0.3, -0.25) is 4.79 Å². The summed E-state index contributed by atoms with van der Waals surface area (Å²) in [5.74, 6) is 0.111. The number of carbonyl (C=O) groups is 2. The molecule has 4 rings (SSSR count). The van der Waals surface area contributed by atoms with Crippen molar-refractivity contribution in [3.63, 3.8) is 0 Å². The molecule has 1 N–H and O–H groups in total. The Labute approximate surface area is 183 Å². The first-order valence-corrected chi connectivity index (χ1v) is 10.7. The summed E-state index contributed by atoms with van der Waals surface area (Å²) in [5.41, 5.74) is 3.20. The van der Waals surface area contributed by atoms with Crippen molar-refractivity contribution in [2.45, 2.75) is 18.2 Å². The molecule has 0 spiro atoms. The van der Waals surface area contributed by atoms with Crippen molar-refractivity contribution in [2.75, 3.05) is 0 Å². The molecule has 0 aliphatic carbocycles. The van der Waals surface area contributed by atoms with Crippen LogP contribution in [0.2, 0.25) is 0 Å². The molecule has 1 amide bonds. The number of aromatic carboxylic acids is 1. The van der Waals surface area contributed by atoms with E-state index >= 15 is 0 Å². The number of amides is 1. The van der Waals surface area contributed by atoms with Gasteiger partial charge in [0, 0.05) is 18.2 Å². The zero-order valence-electron chi connectivity index (χ0n) is 16.1. The highest BCUT2D eigenvalue weighted by atomic mass is 32.2. The molecule has 0 saturated carbocycles. The van der Waals surface area contributed by atoms with E-state index in [-0.39, 0.29) is 16.2 Å². The SMILES string of the molecule is Cc1cccc(CN2C(=O)/C(=C/c3ccc(-c4ccc(C(=O)O)cc4)o3)SC2S)c1. The summed E-state index contributed by atoms with van der Waals surface area (Å²) in [5, 5.41) is 9.01. The number of nitrogens with zero attached hydrogens (tertiary/aromatic N) is 1. The number of thioether (sulfide) groups is 1. The van der Waals surface area contributed by atoms with Crippen LogP contribution in [0.1, 0.15) is 27.2 Å². The van der Waals surface area contributed by atoms with Crippen LogP contribution in [0.4, 0.5) is 0 Å². The summed E-state index contributed by atoms with van der Waals surface area (Å²) in [7, 11) is 0. The molecule has 2 heterocycles. The highest BCUT2D eigenvalue weighted by Crippen LogP contribution is 2.39. The standard InChI is InChI=1S/C23H19NO4S2/c1-14-3-2-4-15(11-14)13-24-21(25)20(30-23(24)29)12-18-9-10-19(28-18)16-5-7-17(8-6-16)22(26)27/h2-12,23,29H,13H2,1H3,(H,26,27)/b20-12-. The number of thiol groups is 1. The quantitative estimate of drug-likeness (QED) is 0.420. The van der Waals surface area contributed by atoms with Gasteiger partial charge in [-0.2, -0.15) is 0 Å². The number of furan rings is 1. The highest BCUT2D eigenvalue weighted by Gasteiger charge is 2.34. The van der Waals surface area contributed by atoms with Crippen molar-refractivity contribution in [3.8, 4) is 11.3 Å². The van der Waals surface area contributed by atoms with Crippen LogP contribution in [0.5, 0.6) is 0 Å². The second-order valence-electron chi connectivity index (χ2n) is 6.96. The number of rotatable bonds is 5. The first-order chi connectivity index (χ1) is 14.4. The normalized spacial score (nSPS) is 17.7. The first kappa shape index (κ1) is 20.4. The van der Waals surface area contributed by atoms with Crippen molar-refractivity contribution in [1.82, 2.24) is 4.90 Å². The van der Waals surface area contributed by atoms with Crippen LogP contribution < -0.4 is 0 Å². The third-order valence-corrected chi connectivity index (χ3v) is 6.33. The van der Waals surface area contributed by atoms with Gasteiger partial charge in [0.1, 0.15) is 16.2 Å². The van der Waals surface area contributed by atoms with Crippen molar-refractivity contribution in [2.24, 2.45) is 0 Å². The third kappa shape index (κ3) is 4.32. The maximum absolute atomic E-state index is 12.9. The van der Waals surface area contributed by atoms with Gasteiger partial charge in [0.15, 0.2) is 0 Å². The molecular weight excluding hydrogens is 418 g/mol. The Morgan fingerprint density at radius 3 is 2.67 bits per heavy atom. The van der Waals surface area contributed by atoms with Crippen molar-refractivity contribution < 1.29 is 19.1 Å². The van der Waals surface area contributed by atoms with Crippen LogP contribution in [-0.2, 0) is 11.3 Å². The van der Waals surface area contributed by atoms with E-state index in [4.69, 9.17) is 9.52 Å². The Bertz CT molecular complexity index is 1130. The fourth-order valence-electron chi connectivity index (χ4n) is 3.21. The monoisotopic (exact) mass is 437 g/mol. The molecule has 1 unspecified atom stereocenters. The summed E-state index contributed by atoms with van der Waals surface area (Å²) in [6.45, 7) is 2.52. The average Bonchev–Trinajstić information content (AvgIpc) is 3.29. The van der Waals surface area contributed by atoms with Crippen LogP contribution >= 0.6 is 24.4 Å². The molecule has 0 radical (unpaired) electrons. The second-order valence-corrected chi connectivity index (χ2v) is 8.92. The lowest BCUT2D eigenvalue weighted by molar-refractivity contribution is -0.125. The predicted molar refractivity (Wildman–Crippen MR) is 121 cm³/mol. The van der Waals surface area contributed by atoms with E-state index in [1.807, 2.05) is 25.1 Å². The van der Waals surface area contributed by atoms with Crippen LogP contribution in [0.15, 0.2) is 70.0 Å². The molecule has 0 bridgehead atoms. The number of carboxylic acid groups (broad SMARTS) is 1.